The molecule has 2 aromatic heterocycles. The molecule has 0 saturated carbocycles. The van der Waals surface area contributed by atoms with E-state index >= 15 is 0 Å². The van der Waals surface area contributed by atoms with Crippen LogP contribution in [-0.2, 0) is 6.42 Å². The van der Waals surface area contributed by atoms with Crippen LogP contribution >= 0.6 is 11.6 Å². The first-order valence-corrected chi connectivity index (χ1v) is 9.78. The summed E-state index contributed by atoms with van der Waals surface area (Å²) >= 11 is 6.26. The fourth-order valence-electron chi connectivity index (χ4n) is 4.09. The lowest BCUT2D eigenvalue weighted by molar-refractivity contribution is 0.596. The molecule has 0 bridgehead atoms. The number of fused-ring (bicyclic) bond motifs is 3. The van der Waals surface area contributed by atoms with Crippen LogP contribution in [0.1, 0.15) is 28.4 Å². The molecule has 1 aliphatic heterocycles. The molecule has 1 atom stereocenters. The summed E-state index contributed by atoms with van der Waals surface area (Å²) in [5.41, 5.74) is 5.54. The van der Waals surface area contributed by atoms with Crippen LogP contribution in [0, 0.1) is 5.82 Å². The molecule has 1 unspecified atom stereocenters. The Morgan fingerprint density at radius 2 is 1.90 bits per heavy atom. The Labute approximate surface area is 172 Å². The fraction of sp³-hybridized carbons (Fsp3) is 0.130. The van der Waals surface area contributed by atoms with Gasteiger partial charge >= 0.3 is 0 Å². The molecule has 6 heteroatoms. The Balaban J connectivity index is 1.70. The highest BCUT2D eigenvalue weighted by Crippen LogP contribution is 2.40. The van der Waals surface area contributed by atoms with Gasteiger partial charge in [-0.3, -0.25) is 0 Å². The molecule has 0 amide bonds. The first-order chi connectivity index (χ1) is 14.1. The molecule has 1 N–H and O–H groups in total. The smallest absolute Gasteiger partial charge is 0.226 e. The van der Waals surface area contributed by atoms with Gasteiger partial charge in [0.2, 0.25) is 5.95 Å². The number of rotatable bonds is 3. The Morgan fingerprint density at radius 1 is 1.14 bits per heavy atom. The quantitative estimate of drug-likeness (QED) is 0.487. The molecule has 0 spiro atoms. The summed E-state index contributed by atoms with van der Waals surface area (Å²) in [7, 11) is 0. The van der Waals surface area contributed by atoms with Crippen LogP contribution in [-0.4, -0.2) is 21.5 Å². The van der Waals surface area contributed by atoms with Crippen LogP contribution in [0.15, 0.2) is 61.4 Å². The third-order valence-corrected chi connectivity index (χ3v) is 5.68. The highest BCUT2D eigenvalue weighted by atomic mass is 35.5. The average molecular weight is 405 g/mol. The molecule has 1 aliphatic rings. The van der Waals surface area contributed by atoms with Gasteiger partial charge in [0.05, 0.1) is 18.4 Å². The summed E-state index contributed by atoms with van der Waals surface area (Å²) in [5, 5.41) is 1.86. The van der Waals surface area contributed by atoms with Gasteiger partial charge in [-0.15, -0.1) is 0 Å². The standard InChI is InChI=1S/C23H18ClFN4/c1-2-14-3-5-15(6-4-14)22-21-18(19-11-16(24)7-8-20(19)28-21)9-10-29(22)23-26-12-17(25)13-27-23/h2-8,11-13,22,28H,1,9-10H2. The van der Waals surface area contributed by atoms with E-state index in [1.54, 1.807) is 0 Å². The van der Waals surface area contributed by atoms with Crippen LogP contribution in [0.2, 0.25) is 5.02 Å². The lowest BCUT2D eigenvalue weighted by Crippen LogP contribution is -2.37. The SMILES string of the molecule is C=Cc1ccc(C2c3[nH]c4ccc(Cl)cc4c3CCN2c2ncc(F)cn2)cc1. The molecule has 4 aromatic rings. The van der Waals surface area contributed by atoms with Gasteiger partial charge < -0.3 is 9.88 Å². The maximum Gasteiger partial charge on any atom is 0.226 e. The third kappa shape index (κ3) is 3.08. The number of aromatic nitrogens is 3. The van der Waals surface area contributed by atoms with E-state index in [9.17, 15) is 4.39 Å². The summed E-state index contributed by atoms with van der Waals surface area (Å²) in [6.45, 7) is 4.55. The van der Waals surface area contributed by atoms with Gasteiger partial charge in [0.15, 0.2) is 5.82 Å². The minimum absolute atomic E-state index is 0.116. The summed E-state index contributed by atoms with van der Waals surface area (Å²) in [4.78, 5) is 14.2. The van der Waals surface area contributed by atoms with E-state index in [-0.39, 0.29) is 6.04 Å². The predicted octanol–water partition coefficient (Wildman–Crippen LogP) is 5.55. The summed E-state index contributed by atoms with van der Waals surface area (Å²) in [6, 6.07) is 14.0. The number of nitrogens with one attached hydrogen (secondary N) is 1. The predicted molar refractivity (Wildman–Crippen MR) is 115 cm³/mol. The molecule has 2 aromatic carbocycles. The maximum atomic E-state index is 13.4. The van der Waals surface area contributed by atoms with E-state index < -0.39 is 5.82 Å². The van der Waals surface area contributed by atoms with Gasteiger partial charge in [0, 0.05) is 28.2 Å². The first kappa shape index (κ1) is 17.9. The third-order valence-electron chi connectivity index (χ3n) is 5.44. The average Bonchev–Trinajstić information content (AvgIpc) is 3.11. The molecule has 5 rings (SSSR count). The Bertz CT molecular complexity index is 1200. The lowest BCUT2D eigenvalue weighted by Gasteiger charge is -2.36. The normalized spacial score (nSPS) is 16.1. The minimum atomic E-state index is -0.446. The molecule has 3 heterocycles. The van der Waals surface area contributed by atoms with Gasteiger partial charge in [0.1, 0.15) is 0 Å². The summed E-state index contributed by atoms with van der Waals surface area (Å²) in [5.74, 6) is 0.0603. The number of H-pyrrole nitrogens is 1. The second-order valence-electron chi connectivity index (χ2n) is 7.13. The van der Waals surface area contributed by atoms with Crippen molar-refractivity contribution in [3.63, 3.8) is 0 Å². The van der Waals surface area contributed by atoms with Gasteiger partial charge in [-0.05, 0) is 41.3 Å². The van der Waals surface area contributed by atoms with Crippen molar-refractivity contribution in [2.45, 2.75) is 12.5 Å². The highest BCUT2D eigenvalue weighted by molar-refractivity contribution is 6.31. The molecular weight excluding hydrogens is 387 g/mol. The largest absolute Gasteiger partial charge is 0.356 e. The topological polar surface area (TPSA) is 44.8 Å². The van der Waals surface area contributed by atoms with Crippen molar-refractivity contribution in [2.24, 2.45) is 0 Å². The minimum Gasteiger partial charge on any atom is -0.356 e. The van der Waals surface area contributed by atoms with Crippen LogP contribution in [0.5, 0.6) is 0 Å². The van der Waals surface area contributed by atoms with Crippen molar-refractivity contribution in [3.05, 3.63) is 94.7 Å². The molecule has 0 saturated heterocycles. The summed E-state index contributed by atoms with van der Waals surface area (Å²) in [6.07, 6.45) is 5.06. The number of aromatic amines is 1. The van der Waals surface area contributed by atoms with Crippen molar-refractivity contribution < 1.29 is 4.39 Å². The zero-order valence-corrected chi connectivity index (χ0v) is 16.3. The molecule has 0 radical (unpaired) electrons. The van der Waals surface area contributed by atoms with Crippen molar-refractivity contribution in [3.8, 4) is 0 Å². The van der Waals surface area contributed by atoms with Crippen LogP contribution in [0.4, 0.5) is 10.3 Å². The van der Waals surface area contributed by atoms with E-state index in [2.05, 4.69) is 38.6 Å². The fourth-order valence-corrected chi connectivity index (χ4v) is 4.26. The number of nitrogens with zero attached hydrogens (tertiary/aromatic N) is 3. The van der Waals surface area contributed by atoms with Gasteiger partial charge in [-0.25, -0.2) is 14.4 Å². The number of benzene rings is 2. The first-order valence-electron chi connectivity index (χ1n) is 9.40. The molecule has 144 valence electrons. The molecule has 29 heavy (non-hydrogen) atoms. The Hall–Kier alpha value is -3.18. The lowest BCUT2D eigenvalue weighted by atomic mass is 9.92. The van der Waals surface area contributed by atoms with E-state index in [4.69, 9.17) is 11.6 Å². The van der Waals surface area contributed by atoms with E-state index in [1.807, 2.05) is 36.4 Å². The van der Waals surface area contributed by atoms with Gasteiger partial charge in [-0.2, -0.15) is 0 Å². The summed E-state index contributed by atoms with van der Waals surface area (Å²) < 4.78 is 13.4. The molecule has 0 aliphatic carbocycles. The zero-order chi connectivity index (χ0) is 20.0. The number of hydrogen-bond acceptors (Lipinski definition) is 3. The Morgan fingerprint density at radius 3 is 2.62 bits per heavy atom. The number of halogens is 2. The van der Waals surface area contributed by atoms with Gasteiger partial charge in [0.25, 0.3) is 0 Å². The van der Waals surface area contributed by atoms with E-state index in [1.165, 1.54) is 18.0 Å². The molecule has 4 nitrogen and oxygen atoms in total. The van der Waals surface area contributed by atoms with Crippen molar-refractivity contribution >= 4 is 34.5 Å². The van der Waals surface area contributed by atoms with E-state index in [0.29, 0.717) is 12.5 Å². The van der Waals surface area contributed by atoms with Gasteiger partial charge in [-0.1, -0.05) is 48.5 Å². The van der Waals surface area contributed by atoms with Crippen LogP contribution in [0.25, 0.3) is 17.0 Å². The number of anilines is 1. The maximum absolute atomic E-state index is 13.4. The number of hydrogen-bond donors (Lipinski definition) is 1. The van der Waals surface area contributed by atoms with Crippen molar-refractivity contribution in [2.75, 3.05) is 11.4 Å². The van der Waals surface area contributed by atoms with Crippen LogP contribution < -0.4 is 4.90 Å². The monoisotopic (exact) mass is 404 g/mol. The second-order valence-corrected chi connectivity index (χ2v) is 7.56. The van der Waals surface area contributed by atoms with Crippen molar-refractivity contribution in [1.82, 2.24) is 15.0 Å². The van der Waals surface area contributed by atoms with Crippen LogP contribution in [0.3, 0.4) is 0 Å². The zero-order valence-electron chi connectivity index (χ0n) is 15.6. The second kappa shape index (κ2) is 7.01. The molecular formula is C23H18ClFN4. The van der Waals surface area contributed by atoms with Crippen molar-refractivity contribution in [1.29, 1.82) is 0 Å². The van der Waals surface area contributed by atoms with E-state index in [0.717, 1.165) is 39.2 Å². The highest BCUT2D eigenvalue weighted by Gasteiger charge is 2.33. The molecule has 0 fully saturated rings. The Kier molecular flexibility index (Phi) is 4.32.